The second kappa shape index (κ2) is 5.93. The summed E-state index contributed by atoms with van der Waals surface area (Å²) in [6.45, 7) is 1.01. The summed E-state index contributed by atoms with van der Waals surface area (Å²) in [5.41, 5.74) is 1.09. The summed E-state index contributed by atoms with van der Waals surface area (Å²) in [4.78, 5) is 12.4. The number of rotatable bonds is 2. The molecular formula is C15H18BrIN2O. The second-order valence-corrected chi connectivity index (χ2v) is 7.93. The third kappa shape index (κ3) is 3.04. The first-order chi connectivity index (χ1) is 9.58. The molecule has 1 heterocycles. The largest absolute Gasteiger partial charge is 0.349 e. The SMILES string of the molecule is O=C(NC1CCNC2(CCC2)C1)c1cc(Br)ccc1I. The molecule has 0 radical (unpaired) electrons. The first kappa shape index (κ1) is 14.8. The third-order valence-corrected chi connectivity index (χ3v) is 5.88. The van der Waals surface area contributed by atoms with E-state index in [-0.39, 0.29) is 5.91 Å². The predicted octanol–water partition coefficient (Wildman–Crippen LogP) is 3.46. The number of carbonyl (C=O) groups is 1. The van der Waals surface area contributed by atoms with Gasteiger partial charge in [0, 0.05) is 19.6 Å². The summed E-state index contributed by atoms with van der Waals surface area (Å²) >= 11 is 5.65. The molecule has 1 aromatic rings. The van der Waals surface area contributed by atoms with E-state index in [2.05, 4.69) is 49.2 Å². The highest BCUT2D eigenvalue weighted by molar-refractivity contribution is 14.1. The topological polar surface area (TPSA) is 41.1 Å². The van der Waals surface area contributed by atoms with E-state index in [9.17, 15) is 4.79 Å². The molecule has 1 unspecified atom stereocenters. The fourth-order valence-corrected chi connectivity index (χ4v) is 4.14. The van der Waals surface area contributed by atoms with Gasteiger partial charge in [0.25, 0.3) is 5.91 Å². The summed E-state index contributed by atoms with van der Waals surface area (Å²) < 4.78 is 1.94. The molecule has 5 heteroatoms. The molecular weight excluding hydrogens is 431 g/mol. The standard InChI is InChI=1S/C15H18BrIN2O/c16-10-2-3-13(17)12(8-10)14(20)19-11-4-7-18-15(9-11)5-1-6-15/h2-3,8,11,18H,1,4-7,9H2,(H,19,20). The lowest BCUT2D eigenvalue weighted by molar-refractivity contribution is 0.0852. The Kier molecular flexibility index (Phi) is 4.38. The van der Waals surface area contributed by atoms with Crippen molar-refractivity contribution in [1.29, 1.82) is 0 Å². The summed E-state index contributed by atoms with van der Waals surface area (Å²) in [5.74, 6) is 0.0528. The lowest BCUT2D eigenvalue weighted by Gasteiger charge is -2.48. The van der Waals surface area contributed by atoms with Crippen LogP contribution in [0.4, 0.5) is 0 Å². The van der Waals surface area contributed by atoms with Gasteiger partial charge < -0.3 is 10.6 Å². The average Bonchev–Trinajstić information content (AvgIpc) is 2.40. The van der Waals surface area contributed by atoms with Gasteiger partial charge in [-0.05, 0) is 79.4 Å². The molecule has 20 heavy (non-hydrogen) atoms. The molecule has 1 spiro atoms. The number of hydrogen-bond donors (Lipinski definition) is 2. The van der Waals surface area contributed by atoms with Gasteiger partial charge in [0.15, 0.2) is 0 Å². The van der Waals surface area contributed by atoms with Gasteiger partial charge in [-0.15, -0.1) is 0 Å². The van der Waals surface area contributed by atoms with Crippen LogP contribution in [0.3, 0.4) is 0 Å². The molecule has 108 valence electrons. The van der Waals surface area contributed by atoms with Crippen LogP contribution in [0.25, 0.3) is 0 Å². The molecule has 0 aromatic heterocycles. The van der Waals surface area contributed by atoms with Crippen LogP contribution in [0.1, 0.15) is 42.5 Å². The van der Waals surface area contributed by atoms with Crippen molar-refractivity contribution < 1.29 is 4.79 Å². The van der Waals surface area contributed by atoms with Crippen molar-refractivity contribution in [2.75, 3.05) is 6.54 Å². The summed E-state index contributed by atoms with van der Waals surface area (Å²) in [6.07, 6.45) is 5.93. The first-order valence-corrected chi connectivity index (χ1v) is 8.96. The van der Waals surface area contributed by atoms with Crippen LogP contribution >= 0.6 is 38.5 Å². The van der Waals surface area contributed by atoms with Crippen LogP contribution in [-0.2, 0) is 0 Å². The van der Waals surface area contributed by atoms with Crippen molar-refractivity contribution in [3.63, 3.8) is 0 Å². The minimum atomic E-state index is 0.0528. The van der Waals surface area contributed by atoms with Gasteiger partial charge in [-0.2, -0.15) is 0 Å². The van der Waals surface area contributed by atoms with E-state index in [1.807, 2.05) is 18.2 Å². The van der Waals surface area contributed by atoms with Crippen LogP contribution in [-0.4, -0.2) is 24.0 Å². The first-order valence-electron chi connectivity index (χ1n) is 7.09. The fraction of sp³-hybridized carbons (Fsp3) is 0.533. The van der Waals surface area contributed by atoms with Crippen LogP contribution < -0.4 is 10.6 Å². The number of piperidine rings is 1. The molecule has 1 saturated carbocycles. The molecule has 1 atom stereocenters. The zero-order valence-electron chi connectivity index (χ0n) is 11.2. The maximum atomic E-state index is 12.4. The second-order valence-electron chi connectivity index (χ2n) is 5.85. The number of hydrogen-bond acceptors (Lipinski definition) is 2. The Morgan fingerprint density at radius 2 is 2.25 bits per heavy atom. The van der Waals surface area contributed by atoms with Crippen LogP contribution in [0.5, 0.6) is 0 Å². The number of amides is 1. The Balaban J connectivity index is 1.67. The van der Waals surface area contributed by atoms with E-state index in [0.717, 1.165) is 33.0 Å². The maximum absolute atomic E-state index is 12.4. The molecule has 1 aliphatic heterocycles. The molecule has 0 bridgehead atoms. The van der Waals surface area contributed by atoms with E-state index in [4.69, 9.17) is 0 Å². The number of carbonyl (C=O) groups excluding carboxylic acids is 1. The summed E-state index contributed by atoms with van der Waals surface area (Å²) in [7, 11) is 0. The van der Waals surface area contributed by atoms with Crippen LogP contribution in [0.2, 0.25) is 0 Å². The van der Waals surface area contributed by atoms with Crippen molar-refractivity contribution in [3.8, 4) is 0 Å². The van der Waals surface area contributed by atoms with Gasteiger partial charge in [-0.1, -0.05) is 15.9 Å². The maximum Gasteiger partial charge on any atom is 0.252 e. The van der Waals surface area contributed by atoms with Crippen LogP contribution in [0, 0.1) is 3.57 Å². The Morgan fingerprint density at radius 3 is 2.95 bits per heavy atom. The normalized spacial score (nSPS) is 24.2. The highest BCUT2D eigenvalue weighted by Gasteiger charge is 2.41. The highest BCUT2D eigenvalue weighted by atomic mass is 127. The zero-order valence-corrected chi connectivity index (χ0v) is 15.0. The van der Waals surface area contributed by atoms with E-state index >= 15 is 0 Å². The van der Waals surface area contributed by atoms with Crippen molar-refractivity contribution in [2.24, 2.45) is 0 Å². The van der Waals surface area contributed by atoms with Crippen LogP contribution in [0.15, 0.2) is 22.7 Å². The highest BCUT2D eigenvalue weighted by Crippen LogP contribution is 2.38. The van der Waals surface area contributed by atoms with E-state index in [1.165, 1.54) is 19.3 Å². The van der Waals surface area contributed by atoms with Gasteiger partial charge >= 0.3 is 0 Å². The van der Waals surface area contributed by atoms with Gasteiger partial charge in [0.05, 0.1) is 5.56 Å². The third-order valence-electron chi connectivity index (χ3n) is 4.45. The van der Waals surface area contributed by atoms with Crippen molar-refractivity contribution in [1.82, 2.24) is 10.6 Å². The fourth-order valence-electron chi connectivity index (χ4n) is 3.20. The number of halogens is 2. The lowest BCUT2D eigenvalue weighted by atomic mass is 9.70. The molecule has 3 nitrogen and oxygen atoms in total. The Hall–Kier alpha value is -0.140. The molecule has 3 rings (SSSR count). The van der Waals surface area contributed by atoms with Crippen molar-refractivity contribution in [2.45, 2.75) is 43.7 Å². The predicted molar refractivity (Wildman–Crippen MR) is 91.9 cm³/mol. The van der Waals surface area contributed by atoms with Gasteiger partial charge in [-0.25, -0.2) is 0 Å². The van der Waals surface area contributed by atoms with Crippen molar-refractivity contribution in [3.05, 3.63) is 31.8 Å². The minimum Gasteiger partial charge on any atom is -0.349 e. The number of benzene rings is 1. The molecule has 1 saturated heterocycles. The molecule has 1 amide bonds. The molecule has 2 fully saturated rings. The van der Waals surface area contributed by atoms with Gasteiger partial charge in [0.2, 0.25) is 0 Å². The summed E-state index contributed by atoms with van der Waals surface area (Å²) in [6, 6.07) is 6.14. The lowest BCUT2D eigenvalue weighted by Crippen LogP contribution is -2.59. The van der Waals surface area contributed by atoms with Crippen molar-refractivity contribution >= 4 is 44.4 Å². The minimum absolute atomic E-state index is 0.0528. The van der Waals surface area contributed by atoms with Gasteiger partial charge in [0.1, 0.15) is 0 Å². The molecule has 1 aromatic carbocycles. The van der Waals surface area contributed by atoms with E-state index in [0.29, 0.717) is 11.6 Å². The zero-order chi connectivity index (χ0) is 14.2. The average molecular weight is 449 g/mol. The molecule has 1 aliphatic carbocycles. The molecule has 2 aliphatic rings. The Bertz CT molecular complexity index is 531. The monoisotopic (exact) mass is 448 g/mol. The summed E-state index contributed by atoms with van der Waals surface area (Å²) in [5, 5.41) is 6.86. The Morgan fingerprint density at radius 1 is 1.45 bits per heavy atom. The smallest absolute Gasteiger partial charge is 0.252 e. The van der Waals surface area contributed by atoms with E-state index in [1.54, 1.807) is 0 Å². The number of nitrogens with one attached hydrogen (secondary N) is 2. The molecule has 2 N–H and O–H groups in total. The van der Waals surface area contributed by atoms with E-state index < -0.39 is 0 Å². The Labute approximate surface area is 141 Å². The quantitative estimate of drug-likeness (QED) is 0.680. The van der Waals surface area contributed by atoms with Gasteiger partial charge in [-0.3, -0.25) is 4.79 Å².